The third-order valence-electron chi connectivity index (χ3n) is 4.49. The smallest absolute Gasteiger partial charge is 0.407 e. The van der Waals surface area contributed by atoms with E-state index < -0.39 is 17.9 Å². The number of ether oxygens (including phenoxy) is 3. The molecule has 2 N–H and O–H groups in total. The average molecular weight is 444 g/mol. The van der Waals surface area contributed by atoms with Crippen LogP contribution in [0.2, 0.25) is 0 Å². The Labute approximate surface area is 185 Å². The maximum atomic E-state index is 13.3. The van der Waals surface area contributed by atoms with Crippen molar-refractivity contribution in [3.05, 3.63) is 24.6 Å². The lowest BCUT2D eigenvalue weighted by molar-refractivity contribution is -0.119. The largest absolute Gasteiger partial charge is 0.444 e. The molecule has 0 aliphatic carbocycles. The lowest BCUT2D eigenvalue weighted by atomic mass is 10.2. The minimum Gasteiger partial charge on any atom is -0.444 e. The van der Waals surface area contributed by atoms with Crippen molar-refractivity contribution in [3.63, 3.8) is 0 Å². The van der Waals surface area contributed by atoms with E-state index in [2.05, 4.69) is 11.9 Å². The van der Waals surface area contributed by atoms with E-state index >= 15 is 0 Å². The van der Waals surface area contributed by atoms with Crippen LogP contribution in [0.1, 0.15) is 34.1 Å². The molecule has 1 amide bonds. The summed E-state index contributed by atoms with van der Waals surface area (Å²) >= 11 is 0. The summed E-state index contributed by atoms with van der Waals surface area (Å²) in [6.07, 6.45) is 1.53. The summed E-state index contributed by atoms with van der Waals surface area (Å²) in [4.78, 5) is 13.7. The van der Waals surface area contributed by atoms with E-state index in [-0.39, 0.29) is 18.7 Å². The van der Waals surface area contributed by atoms with Crippen molar-refractivity contribution in [2.75, 3.05) is 53.0 Å². The van der Waals surface area contributed by atoms with Gasteiger partial charge < -0.3 is 24.4 Å². The highest BCUT2D eigenvalue weighted by Crippen LogP contribution is 2.13. The molecule has 1 heterocycles. The van der Waals surface area contributed by atoms with Gasteiger partial charge in [0.2, 0.25) is 5.96 Å². The van der Waals surface area contributed by atoms with Gasteiger partial charge in [-0.15, -0.1) is 6.58 Å². The van der Waals surface area contributed by atoms with Crippen molar-refractivity contribution < 1.29 is 23.4 Å². The number of hydrazine groups is 1. The zero-order chi connectivity index (χ0) is 23.4. The summed E-state index contributed by atoms with van der Waals surface area (Å²) in [5.74, 6) is 0.360. The van der Waals surface area contributed by atoms with Crippen molar-refractivity contribution in [2.24, 2.45) is 0 Å². The van der Waals surface area contributed by atoms with Gasteiger partial charge in [0.1, 0.15) is 11.8 Å². The van der Waals surface area contributed by atoms with Crippen molar-refractivity contribution in [3.8, 4) is 0 Å². The third kappa shape index (κ3) is 9.67. The molecule has 1 fully saturated rings. The molecule has 1 aliphatic rings. The highest BCUT2D eigenvalue weighted by Gasteiger charge is 2.26. The maximum absolute atomic E-state index is 13.3. The Kier molecular flexibility index (Phi) is 11.5. The first kappa shape index (κ1) is 26.9. The van der Waals surface area contributed by atoms with Crippen LogP contribution in [-0.4, -0.2) is 91.8 Å². The second-order valence-electron chi connectivity index (χ2n) is 8.13. The van der Waals surface area contributed by atoms with Crippen LogP contribution >= 0.6 is 0 Å². The molecule has 10 heteroatoms. The Morgan fingerprint density at radius 2 is 2.03 bits per heavy atom. The number of amides is 1. The van der Waals surface area contributed by atoms with Gasteiger partial charge in [-0.25, -0.2) is 9.18 Å². The fourth-order valence-corrected chi connectivity index (χ4v) is 2.91. The molecule has 1 saturated heterocycles. The van der Waals surface area contributed by atoms with E-state index in [9.17, 15) is 9.18 Å². The topological polar surface area (TPSA) is 90.4 Å². The number of alkyl carbamates (subject to hydrolysis) is 1. The van der Waals surface area contributed by atoms with Crippen molar-refractivity contribution in [1.29, 1.82) is 5.41 Å². The number of rotatable bonds is 10. The summed E-state index contributed by atoms with van der Waals surface area (Å²) < 4.78 is 29.8. The fraction of sp³-hybridized carbons (Fsp3) is 0.714. The number of halogens is 1. The van der Waals surface area contributed by atoms with E-state index in [4.69, 9.17) is 19.6 Å². The van der Waals surface area contributed by atoms with Gasteiger partial charge in [-0.2, -0.15) is 5.01 Å². The SMILES string of the molecule is C=CCC(OC/C(=C/F)CNC(=O)OC(C)(C)C)N(C)N(CC)C(=N)N1CCOCC1. The number of hydrogen-bond donors (Lipinski definition) is 2. The number of nitrogens with one attached hydrogen (secondary N) is 2. The van der Waals surface area contributed by atoms with Gasteiger partial charge in [0.05, 0.1) is 26.2 Å². The zero-order valence-electron chi connectivity index (χ0n) is 19.4. The number of carbonyl (C=O) groups is 1. The van der Waals surface area contributed by atoms with Crippen molar-refractivity contribution >= 4 is 12.1 Å². The predicted octanol–water partition coefficient (Wildman–Crippen LogP) is 2.72. The average Bonchev–Trinajstić information content (AvgIpc) is 2.72. The van der Waals surface area contributed by atoms with Crippen molar-refractivity contribution in [2.45, 2.75) is 45.9 Å². The summed E-state index contributed by atoms with van der Waals surface area (Å²) in [5, 5.41) is 14.7. The molecule has 0 spiro atoms. The second-order valence-corrected chi connectivity index (χ2v) is 8.13. The highest BCUT2D eigenvalue weighted by atomic mass is 19.1. The third-order valence-corrected chi connectivity index (χ3v) is 4.49. The van der Waals surface area contributed by atoms with Gasteiger partial charge in [-0.05, 0) is 27.7 Å². The van der Waals surface area contributed by atoms with Crippen LogP contribution in [0.3, 0.4) is 0 Å². The summed E-state index contributed by atoms with van der Waals surface area (Å²) in [6, 6.07) is 0. The highest BCUT2D eigenvalue weighted by molar-refractivity contribution is 5.76. The Hall–Kier alpha value is -2.17. The first-order valence-electron chi connectivity index (χ1n) is 10.5. The number of nitrogens with zero attached hydrogens (tertiary/aromatic N) is 3. The first-order chi connectivity index (χ1) is 14.6. The van der Waals surface area contributed by atoms with Gasteiger partial charge in [0, 0.05) is 45.2 Å². The Balaban J connectivity index is 2.68. The number of carbonyl (C=O) groups excluding carboxylic acids is 1. The normalized spacial score (nSPS) is 16.1. The summed E-state index contributed by atoms with van der Waals surface area (Å²) in [5.41, 5.74) is -0.369. The maximum Gasteiger partial charge on any atom is 0.407 e. The minimum atomic E-state index is -0.632. The Morgan fingerprint density at radius 1 is 1.39 bits per heavy atom. The Bertz CT molecular complexity index is 617. The lowest BCUT2D eigenvalue weighted by Crippen LogP contribution is -2.56. The van der Waals surface area contributed by atoms with E-state index in [1.165, 1.54) is 0 Å². The van der Waals surface area contributed by atoms with Gasteiger partial charge in [0.15, 0.2) is 0 Å². The van der Waals surface area contributed by atoms with Crippen LogP contribution in [0.5, 0.6) is 0 Å². The molecule has 1 aliphatic heterocycles. The molecule has 0 radical (unpaired) electrons. The van der Waals surface area contributed by atoms with Gasteiger partial charge in [-0.3, -0.25) is 10.4 Å². The van der Waals surface area contributed by atoms with Gasteiger partial charge in [-0.1, -0.05) is 6.08 Å². The molecule has 31 heavy (non-hydrogen) atoms. The molecule has 1 rings (SSSR count). The Morgan fingerprint density at radius 3 is 2.55 bits per heavy atom. The standard InChI is InChI=1S/C21H38FN5O4/c1-7-9-18(25(6)27(8-2)19(23)26-10-12-29-13-11-26)30-16-17(14-22)15-24-20(28)31-21(3,4)5/h7,14,18,23H,1,8-13,15-16H2,2-6H3,(H,24,28)/b17-14+,23-19?. The quantitative estimate of drug-likeness (QED) is 0.176. The van der Waals surface area contributed by atoms with Crippen LogP contribution in [0.4, 0.5) is 9.18 Å². The molecule has 1 unspecified atom stereocenters. The molecule has 1 atom stereocenters. The van der Waals surface area contributed by atoms with E-state index in [0.29, 0.717) is 51.6 Å². The van der Waals surface area contributed by atoms with Crippen LogP contribution in [0.15, 0.2) is 24.6 Å². The van der Waals surface area contributed by atoms with E-state index in [0.717, 1.165) is 0 Å². The molecule has 0 bridgehead atoms. The van der Waals surface area contributed by atoms with Crippen molar-refractivity contribution in [1.82, 2.24) is 20.2 Å². The minimum absolute atomic E-state index is 0.0302. The molecular formula is C21H38FN5O4. The molecule has 9 nitrogen and oxygen atoms in total. The monoisotopic (exact) mass is 443 g/mol. The molecule has 0 aromatic heterocycles. The number of guanidine groups is 1. The van der Waals surface area contributed by atoms with Crippen LogP contribution in [0.25, 0.3) is 0 Å². The molecular weight excluding hydrogens is 405 g/mol. The molecule has 0 saturated carbocycles. The summed E-state index contributed by atoms with van der Waals surface area (Å²) in [7, 11) is 1.82. The van der Waals surface area contributed by atoms with Crippen LogP contribution in [-0.2, 0) is 14.2 Å². The molecule has 178 valence electrons. The van der Waals surface area contributed by atoms with Gasteiger partial charge >= 0.3 is 6.09 Å². The number of morpholine rings is 1. The molecule has 0 aromatic carbocycles. The number of hydrogen-bond acceptors (Lipinski definition) is 6. The van der Waals surface area contributed by atoms with E-state index in [1.54, 1.807) is 31.9 Å². The summed E-state index contributed by atoms with van der Waals surface area (Å²) in [6.45, 7) is 14.0. The van der Waals surface area contributed by atoms with E-state index in [1.807, 2.05) is 23.9 Å². The van der Waals surface area contributed by atoms with Gasteiger partial charge in [0.25, 0.3) is 0 Å². The fourth-order valence-electron chi connectivity index (χ4n) is 2.91. The first-order valence-corrected chi connectivity index (χ1v) is 10.5. The molecule has 0 aromatic rings. The predicted molar refractivity (Wildman–Crippen MR) is 118 cm³/mol. The zero-order valence-corrected chi connectivity index (χ0v) is 19.4. The lowest BCUT2D eigenvalue weighted by Gasteiger charge is -2.42. The van der Waals surface area contributed by atoms with Crippen LogP contribution in [0, 0.1) is 5.41 Å². The second kappa shape index (κ2) is 13.3. The van der Waals surface area contributed by atoms with Crippen LogP contribution < -0.4 is 5.32 Å².